The molecule has 2 aromatic carbocycles. The van der Waals surface area contributed by atoms with Gasteiger partial charge in [0.15, 0.2) is 0 Å². The third-order valence-electron chi connectivity index (χ3n) is 4.46. The van der Waals surface area contributed by atoms with Crippen molar-refractivity contribution in [2.75, 3.05) is 23.3 Å². The number of anilines is 2. The first-order chi connectivity index (χ1) is 12.5. The van der Waals surface area contributed by atoms with Gasteiger partial charge in [-0.2, -0.15) is 0 Å². The van der Waals surface area contributed by atoms with Crippen LogP contribution >= 0.6 is 46.1 Å². The summed E-state index contributed by atoms with van der Waals surface area (Å²) in [7, 11) is 0. The summed E-state index contributed by atoms with van der Waals surface area (Å²) in [5.74, 6) is -0.241. The number of para-hydroxylation sites is 1. The quantitative estimate of drug-likeness (QED) is 0.505. The third kappa shape index (κ3) is 3.27. The van der Waals surface area contributed by atoms with E-state index in [4.69, 9.17) is 34.8 Å². The topological polar surface area (TPSA) is 32.3 Å². The third-order valence-corrected chi connectivity index (χ3v) is 6.65. The molecular weight excluding hydrogens is 411 g/mol. The van der Waals surface area contributed by atoms with Crippen LogP contribution in [-0.2, 0) is 0 Å². The number of carbonyl (C=O) groups excluding carboxylic acids is 1. The molecule has 0 unspecified atom stereocenters. The molecule has 26 heavy (non-hydrogen) atoms. The molecule has 1 N–H and O–H groups in total. The fraction of sp³-hybridized carbons (Fsp3) is 0.211. The molecule has 1 aliphatic rings. The number of hydrogen-bond donors (Lipinski definition) is 1. The second-order valence-corrected chi connectivity index (χ2v) is 8.44. The molecule has 0 radical (unpaired) electrons. The van der Waals surface area contributed by atoms with Gasteiger partial charge in [-0.1, -0.05) is 46.9 Å². The number of hydrogen-bond acceptors (Lipinski definition) is 3. The van der Waals surface area contributed by atoms with Gasteiger partial charge < -0.3 is 10.2 Å². The number of fused-ring (bicyclic) bond motifs is 1. The predicted octanol–water partition coefficient (Wildman–Crippen LogP) is 6.71. The van der Waals surface area contributed by atoms with Crippen LogP contribution in [0.4, 0.5) is 11.4 Å². The van der Waals surface area contributed by atoms with E-state index in [0.29, 0.717) is 25.6 Å². The SMILES string of the molecule is O=C(Nc1cccc(Cl)c1N1CCCC1)c1sc2cc(Cl)ccc2c1Cl. The number of halogens is 3. The van der Waals surface area contributed by atoms with Crippen molar-refractivity contribution in [2.24, 2.45) is 0 Å². The van der Waals surface area contributed by atoms with Crippen molar-refractivity contribution in [3.63, 3.8) is 0 Å². The number of benzene rings is 2. The summed E-state index contributed by atoms with van der Waals surface area (Å²) < 4.78 is 0.888. The highest BCUT2D eigenvalue weighted by Gasteiger charge is 2.22. The van der Waals surface area contributed by atoms with Gasteiger partial charge in [-0.25, -0.2) is 0 Å². The van der Waals surface area contributed by atoms with Gasteiger partial charge >= 0.3 is 0 Å². The molecule has 1 amide bonds. The minimum absolute atomic E-state index is 0.241. The zero-order valence-corrected chi connectivity index (χ0v) is 16.8. The molecule has 3 nitrogen and oxygen atoms in total. The average molecular weight is 426 g/mol. The monoisotopic (exact) mass is 424 g/mol. The van der Waals surface area contributed by atoms with Crippen molar-refractivity contribution in [2.45, 2.75) is 12.8 Å². The molecule has 0 atom stereocenters. The van der Waals surface area contributed by atoms with E-state index >= 15 is 0 Å². The predicted molar refractivity (Wildman–Crippen MR) is 113 cm³/mol. The summed E-state index contributed by atoms with van der Waals surface area (Å²) >= 11 is 20.2. The molecule has 0 spiro atoms. The van der Waals surface area contributed by atoms with E-state index < -0.39 is 0 Å². The maximum atomic E-state index is 12.9. The van der Waals surface area contributed by atoms with Crippen molar-refractivity contribution in [1.82, 2.24) is 0 Å². The number of thiophene rings is 1. The fourth-order valence-electron chi connectivity index (χ4n) is 3.24. The summed E-state index contributed by atoms with van der Waals surface area (Å²) in [6.07, 6.45) is 2.25. The van der Waals surface area contributed by atoms with E-state index in [2.05, 4.69) is 10.2 Å². The molecule has 0 aliphatic carbocycles. The highest BCUT2D eigenvalue weighted by molar-refractivity contribution is 7.21. The Kier molecular flexibility index (Phi) is 5.02. The van der Waals surface area contributed by atoms with Crippen molar-refractivity contribution in [3.05, 3.63) is 56.3 Å². The number of nitrogens with zero attached hydrogens (tertiary/aromatic N) is 1. The van der Waals surface area contributed by atoms with Gasteiger partial charge in [0.25, 0.3) is 5.91 Å². The molecule has 0 bridgehead atoms. The Balaban J connectivity index is 1.69. The van der Waals surface area contributed by atoms with Crippen LogP contribution in [0.2, 0.25) is 15.1 Å². The lowest BCUT2D eigenvalue weighted by molar-refractivity contribution is 0.103. The van der Waals surface area contributed by atoms with E-state index in [-0.39, 0.29) is 5.91 Å². The minimum Gasteiger partial charge on any atom is -0.369 e. The Morgan fingerprint density at radius 3 is 2.62 bits per heavy atom. The summed E-state index contributed by atoms with van der Waals surface area (Å²) in [4.78, 5) is 15.6. The first kappa shape index (κ1) is 17.9. The van der Waals surface area contributed by atoms with Crippen LogP contribution in [0.3, 0.4) is 0 Å². The number of rotatable bonds is 3. The smallest absolute Gasteiger partial charge is 0.267 e. The zero-order valence-electron chi connectivity index (χ0n) is 13.7. The lowest BCUT2D eigenvalue weighted by Crippen LogP contribution is -2.21. The Hall–Kier alpha value is -1.46. The van der Waals surface area contributed by atoms with Gasteiger partial charge in [-0.05, 0) is 37.1 Å². The van der Waals surface area contributed by atoms with Crippen molar-refractivity contribution in [1.29, 1.82) is 0 Å². The maximum absolute atomic E-state index is 12.9. The van der Waals surface area contributed by atoms with Crippen LogP contribution in [0.5, 0.6) is 0 Å². The van der Waals surface area contributed by atoms with E-state index in [1.807, 2.05) is 30.3 Å². The summed E-state index contributed by atoms with van der Waals surface area (Å²) in [6, 6.07) is 11.0. The van der Waals surface area contributed by atoms with Crippen LogP contribution in [0, 0.1) is 0 Å². The van der Waals surface area contributed by atoms with Gasteiger partial charge in [0, 0.05) is 28.2 Å². The average Bonchev–Trinajstić information content (AvgIpc) is 3.23. The van der Waals surface area contributed by atoms with Crippen LogP contribution < -0.4 is 10.2 Å². The Bertz CT molecular complexity index is 996. The standard InChI is InChI=1S/C19H15Cl3N2OS/c20-11-6-7-12-15(10-11)26-18(16(12)22)19(25)23-14-5-3-4-13(21)17(14)24-8-1-2-9-24/h3-7,10H,1-2,8-9H2,(H,23,25). The lowest BCUT2D eigenvalue weighted by Gasteiger charge is -2.22. The Labute approximate surface area is 170 Å². The second kappa shape index (κ2) is 7.28. The fourth-order valence-corrected chi connectivity index (χ4v) is 5.22. The molecule has 4 rings (SSSR count). The molecule has 2 heterocycles. The second-order valence-electron chi connectivity index (χ2n) is 6.17. The van der Waals surface area contributed by atoms with Crippen LogP contribution in [0.15, 0.2) is 36.4 Å². The largest absolute Gasteiger partial charge is 0.369 e. The first-order valence-electron chi connectivity index (χ1n) is 8.27. The van der Waals surface area contributed by atoms with E-state index in [1.54, 1.807) is 6.07 Å². The van der Waals surface area contributed by atoms with Crippen molar-refractivity contribution < 1.29 is 4.79 Å². The Morgan fingerprint density at radius 2 is 1.85 bits per heavy atom. The zero-order chi connectivity index (χ0) is 18.3. The van der Waals surface area contributed by atoms with Crippen LogP contribution in [0.1, 0.15) is 22.5 Å². The molecular formula is C19H15Cl3N2OS. The molecule has 1 saturated heterocycles. The van der Waals surface area contributed by atoms with Gasteiger partial charge in [0.2, 0.25) is 0 Å². The number of carbonyl (C=O) groups is 1. The Morgan fingerprint density at radius 1 is 1.08 bits per heavy atom. The van der Waals surface area contributed by atoms with E-state index in [1.165, 1.54) is 11.3 Å². The van der Waals surface area contributed by atoms with Gasteiger partial charge in [-0.3, -0.25) is 4.79 Å². The van der Waals surface area contributed by atoms with Crippen LogP contribution in [-0.4, -0.2) is 19.0 Å². The molecule has 134 valence electrons. The highest BCUT2D eigenvalue weighted by atomic mass is 35.5. The van der Waals surface area contributed by atoms with E-state index in [9.17, 15) is 4.79 Å². The van der Waals surface area contributed by atoms with Crippen molar-refractivity contribution >= 4 is 73.5 Å². The van der Waals surface area contributed by atoms with Gasteiger partial charge in [0.1, 0.15) is 4.88 Å². The summed E-state index contributed by atoms with van der Waals surface area (Å²) in [6.45, 7) is 1.88. The molecule has 3 aromatic rings. The minimum atomic E-state index is -0.241. The number of nitrogens with one attached hydrogen (secondary N) is 1. The summed E-state index contributed by atoms with van der Waals surface area (Å²) in [5.41, 5.74) is 1.58. The number of amides is 1. The van der Waals surface area contributed by atoms with Gasteiger partial charge in [-0.15, -0.1) is 11.3 Å². The van der Waals surface area contributed by atoms with E-state index in [0.717, 1.165) is 41.7 Å². The maximum Gasteiger partial charge on any atom is 0.267 e. The lowest BCUT2D eigenvalue weighted by atomic mass is 10.2. The van der Waals surface area contributed by atoms with Crippen LogP contribution in [0.25, 0.3) is 10.1 Å². The van der Waals surface area contributed by atoms with Crippen molar-refractivity contribution in [3.8, 4) is 0 Å². The molecule has 7 heteroatoms. The normalized spacial score (nSPS) is 14.2. The molecule has 1 aromatic heterocycles. The first-order valence-corrected chi connectivity index (χ1v) is 10.2. The van der Waals surface area contributed by atoms with Gasteiger partial charge in [0.05, 0.1) is 21.4 Å². The molecule has 0 saturated carbocycles. The summed E-state index contributed by atoms with van der Waals surface area (Å²) in [5, 5.41) is 5.52. The molecule has 1 fully saturated rings. The highest BCUT2D eigenvalue weighted by Crippen LogP contribution is 2.39. The molecule has 1 aliphatic heterocycles.